The molecule has 21 heteroatoms. The summed E-state index contributed by atoms with van der Waals surface area (Å²) in [6.45, 7) is 1.43. The first kappa shape index (κ1) is 38.2. The van der Waals surface area contributed by atoms with E-state index >= 15 is 0 Å². The molecule has 2 aromatic carbocycles. The highest BCUT2D eigenvalue weighted by molar-refractivity contribution is 6.47. The van der Waals surface area contributed by atoms with Crippen LogP contribution in [0.4, 0.5) is 13.6 Å². The van der Waals surface area contributed by atoms with E-state index in [4.69, 9.17) is 16.3 Å². The normalized spacial score (nSPS) is 16.0. The molecule has 53 heavy (non-hydrogen) atoms. The van der Waals surface area contributed by atoms with Gasteiger partial charge in [0.05, 0.1) is 11.0 Å². The van der Waals surface area contributed by atoms with Gasteiger partial charge >= 0.3 is 30.9 Å². The topological polar surface area (TPSA) is 248 Å². The molecule has 1 aromatic heterocycles. The van der Waals surface area contributed by atoms with E-state index in [2.05, 4.69) is 20.9 Å². The quantitative estimate of drug-likeness (QED) is 0.0657. The Bertz CT molecular complexity index is 2020. The van der Waals surface area contributed by atoms with Crippen LogP contribution in [0.25, 0.3) is 0 Å². The number of piperazine rings is 1. The third kappa shape index (κ3) is 8.07. The standard InChI is InChI=1S/C32H30BClF2N6O11/c1-14-11-16(5-7-37-14)27(45)38-6-2-8-41-9-10-42(30(48)29(41)47)32(51)40-23(17-13-19(36)24(43)25(44)22(17)34)28(46)39-20-12-15-3-4-18(35)21(31(49)50)26(15)53-33(20)52/h3-5,7,11,13,20,23,43-44,52H,2,6,8-10,12H2,1H3,(H,38,45)(H,39,46)(H,40,51)(H,49,50). The van der Waals surface area contributed by atoms with Gasteiger partial charge in [-0.15, -0.1) is 0 Å². The number of carbonyl (C=O) groups is 6. The Hall–Kier alpha value is -6.02. The molecular weight excluding hydrogens is 729 g/mol. The number of phenols is 2. The second-order valence-corrected chi connectivity index (χ2v) is 12.3. The number of urea groups is 1. The number of hydrogen-bond donors (Lipinski definition) is 7. The molecule has 6 amide bonds. The molecule has 2 unspecified atom stereocenters. The van der Waals surface area contributed by atoms with E-state index in [0.717, 1.165) is 17.0 Å². The Balaban J connectivity index is 1.28. The molecule has 0 spiro atoms. The lowest BCUT2D eigenvalue weighted by Crippen LogP contribution is -2.60. The van der Waals surface area contributed by atoms with Crippen LogP contribution >= 0.6 is 11.6 Å². The fourth-order valence-corrected chi connectivity index (χ4v) is 5.94. The molecule has 3 aromatic rings. The van der Waals surface area contributed by atoms with Crippen molar-refractivity contribution in [1.29, 1.82) is 0 Å². The summed E-state index contributed by atoms with van der Waals surface area (Å²) in [4.78, 5) is 82.7. The maximum atomic E-state index is 14.6. The maximum absolute atomic E-state index is 14.6. The van der Waals surface area contributed by atoms with Crippen molar-refractivity contribution in [2.24, 2.45) is 0 Å². The minimum absolute atomic E-state index is 0.0396. The van der Waals surface area contributed by atoms with Crippen molar-refractivity contribution < 1.29 is 62.5 Å². The lowest BCUT2D eigenvalue weighted by atomic mass is 9.72. The summed E-state index contributed by atoms with van der Waals surface area (Å²) >= 11 is 6.13. The largest absolute Gasteiger partial charge is 0.547 e. The Morgan fingerprint density at radius 1 is 1.08 bits per heavy atom. The van der Waals surface area contributed by atoms with Crippen molar-refractivity contribution in [3.05, 3.63) is 81.1 Å². The Kier molecular flexibility index (Phi) is 11.3. The number of nitrogens with zero attached hydrogens (tertiary/aromatic N) is 3. The number of aromatic carboxylic acids is 1. The molecule has 278 valence electrons. The second kappa shape index (κ2) is 15.7. The van der Waals surface area contributed by atoms with Gasteiger partial charge in [0.2, 0.25) is 5.91 Å². The van der Waals surface area contributed by atoms with Gasteiger partial charge < -0.3 is 45.8 Å². The SMILES string of the molecule is Cc1cc(C(=O)NCCCN2CCN(C(=O)NC(C(=O)NC3Cc4ccc(F)c(C(=O)O)c4OB3O)c3cc(F)c(O)c(O)c3Cl)C(=O)C2=O)ccn1. The number of halogens is 3. The molecule has 5 rings (SSSR count). The van der Waals surface area contributed by atoms with Crippen LogP contribution in [-0.2, 0) is 20.8 Å². The van der Waals surface area contributed by atoms with Crippen molar-refractivity contribution in [2.75, 3.05) is 26.2 Å². The van der Waals surface area contributed by atoms with Crippen LogP contribution in [0.1, 0.15) is 50.0 Å². The van der Waals surface area contributed by atoms with Gasteiger partial charge in [0.15, 0.2) is 17.3 Å². The van der Waals surface area contributed by atoms with Gasteiger partial charge in [-0.05, 0) is 49.6 Å². The first-order valence-corrected chi connectivity index (χ1v) is 16.2. The fourth-order valence-electron chi connectivity index (χ4n) is 5.69. The number of amides is 6. The van der Waals surface area contributed by atoms with Crippen molar-refractivity contribution in [1.82, 2.24) is 30.7 Å². The lowest BCUT2D eigenvalue weighted by Gasteiger charge is -2.34. The summed E-state index contributed by atoms with van der Waals surface area (Å²) < 4.78 is 34.0. The number of carbonyl (C=O) groups excluding carboxylic acids is 5. The van der Waals surface area contributed by atoms with Crippen molar-refractivity contribution in [2.45, 2.75) is 31.7 Å². The van der Waals surface area contributed by atoms with Gasteiger partial charge in [0.25, 0.3) is 5.91 Å². The van der Waals surface area contributed by atoms with Crippen LogP contribution in [0.5, 0.6) is 17.2 Å². The molecular formula is C32H30BClF2N6O11. The second-order valence-electron chi connectivity index (χ2n) is 11.9. The highest BCUT2D eigenvalue weighted by Gasteiger charge is 2.42. The van der Waals surface area contributed by atoms with Gasteiger partial charge in [-0.3, -0.25) is 29.1 Å². The maximum Gasteiger partial charge on any atom is 0.547 e. The van der Waals surface area contributed by atoms with Crippen LogP contribution in [-0.4, -0.2) is 110 Å². The summed E-state index contributed by atoms with van der Waals surface area (Å²) in [6, 6.07) is 2.28. The predicted octanol–water partition coefficient (Wildman–Crippen LogP) is 0.812. The molecule has 1 fully saturated rings. The van der Waals surface area contributed by atoms with Crippen molar-refractivity contribution >= 4 is 54.3 Å². The first-order valence-electron chi connectivity index (χ1n) is 15.8. The van der Waals surface area contributed by atoms with Gasteiger partial charge in [-0.1, -0.05) is 17.7 Å². The number of fused-ring (bicyclic) bond motifs is 1. The number of aromatic hydroxyl groups is 2. The summed E-state index contributed by atoms with van der Waals surface area (Å²) in [5, 5.41) is 46.4. The van der Waals surface area contributed by atoms with Crippen molar-refractivity contribution in [3.8, 4) is 17.2 Å². The first-order chi connectivity index (χ1) is 25.1. The minimum atomic E-state index is -2.05. The highest BCUT2D eigenvalue weighted by Crippen LogP contribution is 2.40. The molecule has 2 aliphatic rings. The average molecular weight is 759 g/mol. The van der Waals surface area contributed by atoms with Gasteiger partial charge in [0, 0.05) is 49.2 Å². The zero-order valence-corrected chi connectivity index (χ0v) is 28.3. The average Bonchev–Trinajstić information content (AvgIpc) is 3.11. The number of aromatic nitrogens is 1. The molecule has 3 heterocycles. The number of benzene rings is 2. The van der Waals surface area contributed by atoms with E-state index in [0.29, 0.717) is 22.2 Å². The van der Waals surface area contributed by atoms with Gasteiger partial charge in [0.1, 0.15) is 23.2 Å². The molecule has 0 aliphatic carbocycles. The number of rotatable bonds is 10. The van der Waals surface area contributed by atoms with E-state index in [1.165, 1.54) is 12.3 Å². The molecule has 17 nitrogen and oxygen atoms in total. The van der Waals surface area contributed by atoms with Crippen LogP contribution in [0, 0.1) is 18.6 Å². The summed E-state index contributed by atoms with van der Waals surface area (Å²) in [5.41, 5.74) is -0.373. The monoisotopic (exact) mass is 758 g/mol. The summed E-state index contributed by atoms with van der Waals surface area (Å²) in [5.74, 6) is -12.6. The molecule has 0 radical (unpaired) electrons. The Labute approximate surface area is 303 Å². The van der Waals surface area contributed by atoms with E-state index in [-0.39, 0.29) is 50.5 Å². The van der Waals surface area contributed by atoms with Crippen molar-refractivity contribution in [3.63, 3.8) is 0 Å². The van der Waals surface area contributed by atoms with E-state index in [1.54, 1.807) is 13.0 Å². The third-order valence-corrected chi connectivity index (χ3v) is 8.79. The van der Waals surface area contributed by atoms with E-state index < -0.39 is 93.9 Å². The van der Waals surface area contributed by atoms with Crippen LogP contribution in [0.3, 0.4) is 0 Å². The van der Waals surface area contributed by atoms with Gasteiger partial charge in [-0.25, -0.2) is 18.4 Å². The summed E-state index contributed by atoms with van der Waals surface area (Å²) in [6.07, 6.45) is 1.42. The van der Waals surface area contributed by atoms with Crippen LogP contribution in [0.15, 0.2) is 36.5 Å². The number of imide groups is 1. The number of nitrogens with one attached hydrogen (secondary N) is 3. The van der Waals surface area contributed by atoms with E-state index in [1.807, 2.05) is 0 Å². The molecule has 2 aliphatic heterocycles. The molecule has 7 N–H and O–H groups in total. The third-order valence-electron chi connectivity index (χ3n) is 8.39. The Morgan fingerprint density at radius 3 is 2.51 bits per heavy atom. The molecule has 2 atom stereocenters. The van der Waals surface area contributed by atoms with Crippen LogP contribution < -0.4 is 20.6 Å². The highest BCUT2D eigenvalue weighted by atomic mass is 35.5. The zero-order valence-electron chi connectivity index (χ0n) is 27.6. The number of aryl methyl sites for hydroxylation is 1. The minimum Gasteiger partial charge on any atom is -0.534 e. The number of phenolic OH excluding ortho intramolecular Hbond substituents is 2. The molecule has 1 saturated heterocycles. The summed E-state index contributed by atoms with van der Waals surface area (Å²) in [7, 11) is -1.97. The number of carboxylic acids is 1. The van der Waals surface area contributed by atoms with Crippen LogP contribution in [0.2, 0.25) is 5.02 Å². The van der Waals surface area contributed by atoms with Gasteiger partial charge in [-0.2, -0.15) is 0 Å². The lowest BCUT2D eigenvalue weighted by molar-refractivity contribution is -0.153. The fraction of sp³-hybridized carbons (Fsp3) is 0.281. The Morgan fingerprint density at radius 2 is 1.81 bits per heavy atom. The van der Waals surface area contributed by atoms with E-state index in [9.17, 15) is 57.9 Å². The molecule has 0 bridgehead atoms. The number of hydrogen-bond acceptors (Lipinski definition) is 11. The zero-order chi connectivity index (χ0) is 38.7. The number of pyridine rings is 1. The molecule has 0 saturated carbocycles. The predicted molar refractivity (Wildman–Crippen MR) is 178 cm³/mol. The number of carboxylic acid groups (broad SMARTS) is 1. The smallest absolute Gasteiger partial charge is 0.534 e.